The van der Waals surface area contributed by atoms with Gasteiger partial charge in [0.15, 0.2) is 14.6 Å². The molecule has 0 N–H and O–H groups in total. The van der Waals surface area contributed by atoms with Crippen molar-refractivity contribution in [3.8, 4) is 0 Å². The first-order chi connectivity index (χ1) is 9.87. The van der Waals surface area contributed by atoms with Crippen molar-refractivity contribution in [2.75, 3.05) is 0 Å². The standard InChI is InChI=1S/C16H19ClO2SSi/c1-21(2,3)19-16(12-5-4-6-13(17)9-12)10-14-7-8-15(11-18)20-14/h4-9,11,16H,10H2,1-3H3. The predicted octanol–water partition coefficient (Wildman–Crippen LogP) is 5.35. The van der Waals surface area contributed by atoms with Crippen molar-refractivity contribution in [1.82, 2.24) is 0 Å². The van der Waals surface area contributed by atoms with Crippen LogP contribution in [0.25, 0.3) is 0 Å². The van der Waals surface area contributed by atoms with E-state index in [1.165, 1.54) is 11.3 Å². The molecule has 0 radical (unpaired) electrons. The molecule has 2 rings (SSSR count). The highest BCUT2D eigenvalue weighted by Crippen LogP contribution is 2.30. The van der Waals surface area contributed by atoms with E-state index >= 15 is 0 Å². The highest BCUT2D eigenvalue weighted by atomic mass is 35.5. The van der Waals surface area contributed by atoms with E-state index in [1.807, 2.05) is 36.4 Å². The molecule has 0 aliphatic carbocycles. The van der Waals surface area contributed by atoms with Crippen LogP contribution in [-0.4, -0.2) is 14.6 Å². The van der Waals surface area contributed by atoms with Crippen LogP contribution < -0.4 is 0 Å². The zero-order chi connectivity index (χ0) is 15.5. The summed E-state index contributed by atoms with van der Waals surface area (Å²) >= 11 is 7.62. The van der Waals surface area contributed by atoms with Crippen LogP contribution in [0, 0.1) is 0 Å². The van der Waals surface area contributed by atoms with Gasteiger partial charge in [-0.25, -0.2) is 0 Å². The third-order valence-corrected chi connectivity index (χ3v) is 5.16. The molecule has 0 aliphatic rings. The van der Waals surface area contributed by atoms with Crippen molar-refractivity contribution in [2.24, 2.45) is 0 Å². The molecule has 5 heteroatoms. The Kier molecular flexibility index (Phi) is 5.38. The monoisotopic (exact) mass is 338 g/mol. The lowest BCUT2D eigenvalue weighted by Crippen LogP contribution is -2.28. The van der Waals surface area contributed by atoms with Gasteiger partial charge < -0.3 is 4.43 Å². The molecule has 0 spiro atoms. The lowest BCUT2D eigenvalue weighted by atomic mass is 10.1. The summed E-state index contributed by atoms with van der Waals surface area (Å²) in [5.41, 5.74) is 1.09. The van der Waals surface area contributed by atoms with Crippen molar-refractivity contribution in [1.29, 1.82) is 0 Å². The SMILES string of the molecule is C[Si](C)(C)OC(Cc1ccc(C=O)s1)c1cccc(Cl)c1. The van der Waals surface area contributed by atoms with Crippen LogP contribution in [-0.2, 0) is 10.8 Å². The van der Waals surface area contributed by atoms with E-state index in [-0.39, 0.29) is 6.10 Å². The molecule has 0 saturated heterocycles. The van der Waals surface area contributed by atoms with E-state index in [4.69, 9.17) is 16.0 Å². The minimum absolute atomic E-state index is 0.0199. The number of carbonyl (C=O) groups excluding carboxylic acids is 1. The Hall–Kier alpha value is -0.943. The average molecular weight is 339 g/mol. The van der Waals surface area contributed by atoms with Gasteiger partial charge in [0.25, 0.3) is 0 Å². The molecule has 0 aliphatic heterocycles. The van der Waals surface area contributed by atoms with Crippen LogP contribution in [0.5, 0.6) is 0 Å². The zero-order valence-electron chi connectivity index (χ0n) is 12.4. The lowest BCUT2D eigenvalue weighted by Gasteiger charge is -2.26. The molecule has 1 aromatic carbocycles. The number of thiophene rings is 1. The van der Waals surface area contributed by atoms with Gasteiger partial charge in [-0.05, 0) is 49.5 Å². The van der Waals surface area contributed by atoms with Gasteiger partial charge >= 0.3 is 0 Å². The normalized spacial score (nSPS) is 13.1. The highest BCUT2D eigenvalue weighted by molar-refractivity contribution is 7.13. The van der Waals surface area contributed by atoms with Crippen LogP contribution >= 0.6 is 22.9 Å². The molecule has 2 nitrogen and oxygen atoms in total. The smallest absolute Gasteiger partial charge is 0.184 e. The molecular weight excluding hydrogens is 320 g/mol. The van der Waals surface area contributed by atoms with Crippen molar-refractivity contribution >= 4 is 37.5 Å². The summed E-state index contributed by atoms with van der Waals surface area (Å²) in [4.78, 5) is 12.7. The first kappa shape index (κ1) is 16.4. The molecule has 0 amide bonds. The summed E-state index contributed by atoms with van der Waals surface area (Å²) in [6.45, 7) is 6.53. The molecule has 2 aromatic rings. The van der Waals surface area contributed by atoms with Gasteiger partial charge in [-0.1, -0.05) is 23.7 Å². The predicted molar refractivity (Wildman–Crippen MR) is 92.0 cm³/mol. The summed E-state index contributed by atoms with van der Waals surface area (Å²) in [5.74, 6) is 0. The first-order valence-corrected chi connectivity index (χ1v) is 11.4. The van der Waals surface area contributed by atoms with Gasteiger partial charge in [0.2, 0.25) is 0 Å². The van der Waals surface area contributed by atoms with Gasteiger partial charge in [0.1, 0.15) is 0 Å². The van der Waals surface area contributed by atoms with Crippen LogP contribution in [0.3, 0.4) is 0 Å². The van der Waals surface area contributed by atoms with E-state index in [9.17, 15) is 4.79 Å². The van der Waals surface area contributed by atoms with E-state index < -0.39 is 8.32 Å². The fourth-order valence-corrected chi connectivity index (χ4v) is 4.24. The summed E-state index contributed by atoms with van der Waals surface area (Å²) in [7, 11) is -1.68. The number of hydrogen-bond acceptors (Lipinski definition) is 3. The fraction of sp³-hybridized carbons (Fsp3) is 0.312. The molecule has 21 heavy (non-hydrogen) atoms. The number of carbonyl (C=O) groups is 1. The Bertz CT molecular complexity index is 619. The summed E-state index contributed by atoms with van der Waals surface area (Å²) in [6, 6.07) is 11.7. The van der Waals surface area contributed by atoms with Gasteiger partial charge in [0, 0.05) is 16.3 Å². The maximum Gasteiger partial charge on any atom is 0.184 e. The zero-order valence-corrected chi connectivity index (χ0v) is 15.0. The molecular formula is C16H19ClO2SSi. The molecule has 112 valence electrons. The van der Waals surface area contributed by atoms with Crippen molar-refractivity contribution in [3.05, 3.63) is 56.7 Å². The Morgan fingerprint density at radius 1 is 1.29 bits per heavy atom. The van der Waals surface area contributed by atoms with Gasteiger partial charge in [-0.3, -0.25) is 4.79 Å². The number of rotatable bonds is 6. The Morgan fingerprint density at radius 2 is 2.05 bits per heavy atom. The maximum atomic E-state index is 10.8. The Labute approximate surface area is 135 Å². The maximum absolute atomic E-state index is 10.8. The van der Waals surface area contributed by atoms with Gasteiger partial charge in [-0.2, -0.15) is 0 Å². The molecule has 0 fully saturated rings. The lowest BCUT2D eigenvalue weighted by molar-refractivity contribution is 0.112. The number of benzene rings is 1. The van der Waals surface area contributed by atoms with Crippen molar-refractivity contribution < 1.29 is 9.22 Å². The second kappa shape index (κ2) is 6.88. The Balaban J connectivity index is 2.25. The topological polar surface area (TPSA) is 26.3 Å². The molecule has 1 heterocycles. The van der Waals surface area contributed by atoms with E-state index in [1.54, 1.807) is 0 Å². The van der Waals surface area contributed by atoms with E-state index in [0.29, 0.717) is 0 Å². The highest BCUT2D eigenvalue weighted by Gasteiger charge is 2.23. The quantitative estimate of drug-likeness (QED) is 0.524. The molecule has 1 unspecified atom stereocenters. The van der Waals surface area contributed by atoms with Gasteiger partial charge in [-0.15, -0.1) is 11.3 Å². The summed E-state index contributed by atoms with van der Waals surface area (Å²) in [6.07, 6.45) is 1.64. The third-order valence-electron chi connectivity index (χ3n) is 2.90. The number of hydrogen-bond donors (Lipinski definition) is 0. The van der Waals surface area contributed by atoms with E-state index in [2.05, 4.69) is 19.6 Å². The summed E-state index contributed by atoms with van der Waals surface area (Å²) < 4.78 is 6.32. The second-order valence-electron chi connectivity index (χ2n) is 5.90. The second-order valence-corrected chi connectivity index (χ2v) is 12.0. The van der Waals surface area contributed by atoms with Crippen LogP contribution in [0.1, 0.15) is 26.2 Å². The molecule has 1 aromatic heterocycles. The van der Waals surface area contributed by atoms with Crippen LogP contribution in [0.15, 0.2) is 36.4 Å². The van der Waals surface area contributed by atoms with Crippen molar-refractivity contribution in [3.63, 3.8) is 0 Å². The van der Waals surface area contributed by atoms with Gasteiger partial charge in [0.05, 0.1) is 11.0 Å². The minimum atomic E-state index is -1.68. The first-order valence-electron chi connectivity index (χ1n) is 6.84. The minimum Gasteiger partial charge on any atom is -0.410 e. The van der Waals surface area contributed by atoms with Crippen molar-refractivity contribution in [2.45, 2.75) is 32.2 Å². The summed E-state index contributed by atoms with van der Waals surface area (Å²) in [5, 5.41) is 0.719. The van der Waals surface area contributed by atoms with Crippen LogP contribution in [0.2, 0.25) is 24.7 Å². The third kappa shape index (κ3) is 5.07. The van der Waals surface area contributed by atoms with E-state index in [0.717, 1.165) is 33.0 Å². The molecule has 1 atom stereocenters. The molecule has 0 saturated carbocycles. The molecule has 0 bridgehead atoms. The van der Waals surface area contributed by atoms with Crippen LogP contribution in [0.4, 0.5) is 0 Å². The number of halogens is 1. The largest absolute Gasteiger partial charge is 0.410 e. The Morgan fingerprint density at radius 3 is 2.62 bits per heavy atom. The fourth-order valence-electron chi connectivity index (χ4n) is 2.11. The average Bonchev–Trinajstić information content (AvgIpc) is 2.84. The number of aldehydes is 1.